The van der Waals surface area contributed by atoms with E-state index in [0.717, 1.165) is 0 Å². The Labute approximate surface area is 100 Å². The number of carbonyl (C=O) groups is 2. The number of nitrogens with one attached hydrogen (secondary N) is 1. The third-order valence-corrected chi connectivity index (χ3v) is 2.43. The number of rotatable bonds is 4. The van der Waals surface area contributed by atoms with E-state index in [0.29, 0.717) is 17.8 Å². The molecule has 0 aliphatic carbocycles. The number of hydrogen-bond acceptors (Lipinski definition) is 3. The molecular formula is C12H15N3O2. The molecule has 0 spiro atoms. The molecule has 0 bridgehead atoms. The number of H-pyrrole nitrogens is 1. The third-order valence-electron chi connectivity index (χ3n) is 2.43. The summed E-state index contributed by atoms with van der Waals surface area (Å²) in [5.74, 6) is -0.529. The summed E-state index contributed by atoms with van der Waals surface area (Å²) in [7, 11) is 1.63. The van der Waals surface area contributed by atoms with Gasteiger partial charge in [-0.2, -0.15) is 5.26 Å². The first-order chi connectivity index (χ1) is 7.95. The second-order valence-corrected chi connectivity index (χ2v) is 4.07. The number of aromatic amines is 1. The van der Waals surface area contributed by atoms with Gasteiger partial charge in [-0.05, 0) is 19.9 Å². The zero-order valence-electron chi connectivity index (χ0n) is 10.2. The van der Waals surface area contributed by atoms with Crippen LogP contribution in [0.2, 0.25) is 0 Å². The summed E-state index contributed by atoms with van der Waals surface area (Å²) < 4.78 is 0. The first kappa shape index (κ1) is 13.0. The first-order valence-electron chi connectivity index (χ1n) is 5.30. The summed E-state index contributed by atoms with van der Waals surface area (Å²) in [5, 5.41) is 8.67. The molecule has 0 aromatic carbocycles. The monoisotopic (exact) mass is 233 g/mol. The Hall–Kier alpha value is -2.09. The highest BCUT2D eigenvalue weighted by Crippen LogP contribution is 2.08. The maximum Gasteiger partial charge on any atom is 0.270 e. The summed E-state index contributed by atoms with van der Waals surface area (Å²) in [6.07, 6.45) is 1.51. The van der Waals surface area contributed by atoms with Crippen molar-refractivity contribution in [2.24, 2.45) is 5.92 Å². The van der Waals surface area contributed by atoms with Crippen LogP contribution in [0.4, 0.5) is 0 Å². The van der Waals surface area contributed by atoms with Crippen molar-refractivity contribution in [3.05, 3.63) is 23.5 Å². The SMILES string of the molecule is CC(=O)c1c[nH]c(C(=O)N(C)C[C@@H](C)C#N)c1. The van der Waals surface area contributed by atoms with E-state index in [1.54, 1.807) is 14.0 Å². The molecule has 1 aromatic heterocycles. The van der Waals surface area contributed by atoms with Gasteiger partial charge in [-0.1, -0.05) is 0 Å². The van der Waals surface area contributed by atoms with Crippen LogP contribution in [0.15, 0.2) is 12.3 Å². The number of hydrogen-bond donors (Lipinski definition) is 1. The number of nitrogens with zero attached hydrogens (tertiary/aromatic N) is 2. The lowest BCUT2D eigenvalue weighted by Gasteiger charge is -2.17. The predicted octanol–water partition coefficient (Wildman–Crippen LogP) is 1.45. The molecule has 1 rings (SSSR count). The van der Waals surface area contributed by atoms with Crippen LogP contribution < -0.4 is 0 Å². The molecule has 1 heterocycles. The zero-order valence-corrected chi connectivity index (χ0v) is 10.2. The van der Waals surface area contributed by atoms with Crippen LogP contribution in [0.1, 0.15) is 34.7 Å². The Morgan fingerprint density at radius 1 is 1.59 bits per heavy atom. The van der Waals surface area contributed by atoms with Gasteiger partial charge in [0.1, 0.15) is 5.69 Å². The van der Waals surface area contributed by atoms with Gasteiger partial charge in [0.2, 0.25) is 0 Å². The Bertz CT molecular complexity index is 470. The smallest absolute Gasteiger partial charge is 0.270 e. The highest BCUT2D eigenvalue weighted by Gasteiger charge is 2.16. The fraction of sp³-hybridized carbons (Fsp3) is 0.417. The van der Waals surface area contributed by atoms with Crippen LogP contribution >= 0.6 is 0 Å². The molecule has 0 radical (unpaired) electrons. The number of amides is 1. The van der Waals surface area contributed by atoms with E-state index in [2.05, 4.69) is 11.1 Å². The largest absolute Gasteiger partial charge is 0.356 e. The molecule has 0 fully saturated rings. The fourth-order valence-electron chi connectivity index (χ4n) is 1.46. The molecule has 0 unspecified atom stereocenters. The number of aromatic nitrogens is 1. The van der Waals surface area contributed by atoms with Gasteiger partial charge in [0.05, 0.1) is 12.0 Å². The summed E-state index contributed by atoms with van der Waals surface area (Å²) >= 11 is 0. The maximum atomic E-state index is 11.9. The Morgan fingerprint density at radius 3 is 2.71 bits per heavy atom. The number of ketones is 1. The van der Waals surface area contributed by atoms with E-state index in [-0.39, 0.29) is 17.6 Å². The Kier molecular flexibility index (Phi) is 4.05. The Morgan fingerprint density at radius 2 is 2.24 bits per heavy atom. The Balaban J connectivity index is 2.75. The van der Waals surface area contributed by atoms with Crippen molar-refractivity contribution in [2.45, 2.75) is 13.8 Å². The molecule has 1 N–H and O–H groups in total. The van der Waals surface area contributed by atoms with Crippen LogP contribution in [0.3, 0.4) is 0 Å². The topological polar surface area (TPSA) is 77.0 Å². The van der Waals surface area contributed by atoms with E-state index in [1.807, 2.05) is 0 Å². The maximum absolute atomic E-state index is 11.9. The molecule has 0 saturated heterocycles. The van der Waals surface area contributed by atoms with E-state index < -0.39 is 0 Å². The highest BCUT2D eigenvalue weighted by molar-refractivity contribution is 5.98. The summed E-state index contributed by atoms with van der Waals surface area (Å²) in [5.41, 5.74) is 0.845. The van der Waals surface area contributed by atoms with Gasteiger partial charge in [0.25, 0.3) is 5.91 Å². The fourth-order valence-corrected chi connectivity index (χ4v) is 1.46. The van der Waals surface area contributed by atoms with Gasteiger partial charge in [0.15, 0.2) is 5.78 Å². The second-order valence-electron chi connectivity index (χ2n) is 4.07. The van der Waals surface area contributed by atoms with Crippen molar-refractivity contribution in [2.75, 3.05) is 13.6 Å². The van der Waals surface area contributed by atoms with Crippen molar-refractivity contribution in [1.29, 1.82) is 5.26 Å². The summed E-state index contributed by atoms with van der Waals surface area (Å²) in [6, 6.07) is 3.59. The molecule has 5 nitrogen and oxygen atoms in total. The quantitative estimate of drug-likeness (QED) is 0.799. The second kappa shape index (κ2) is 5.30. The van der Waals surface area contributed by atoms with Crippen molar-refractivity contribution >= 4 is 11.7 Å². The average Bonchev–Trinajstić information content (AvgIpc) is 2.77. The lowest BCUT2D eigenvalue weighted by molar-refractivity contribution is 0.0780. The molecule has 17 heavy (non-hydrogen) atoms. The van der Waals surface area contributed by atoms with Crippen LogP contribution in [-0.2, 0) is 0 Å². The van der Waals surface area contributed by atoms with Crippen molar-refractivity contribution < 1.29 is 9.59 Å². The van der Waals surface area contributed by atoms with E-state index in [9.17, 15) is 9.59 Å². The van der Waals surface area contributed by atoms with Gasteiger partial charge in [-0.15, -0.1) is 0 Å². The van der Waals surface area contributed by atoms with Crippen molar-refractivity contribution in [3.63, 3.8) is 0 Å². The van der Waals surface area contributed by atoms with Crippen LogP contribution in [0.5, 0.6) is 0 Å². The average molecular weight is 233 g/mol. The van der Waals surface area contributed by atoms with Crippen LogP contribution in [-0.4, -0.2) is 35.2 Å². The predicted molar refractivity (Wildman–Crippen MR) is 62.5 cm³/mol. The summed E-state index contributed by atoms with van der Waals surface area (Å²) in [4.78, 5) is 27.2. The summed E-state index contributed by atoms with van der Waals surface area (Å²) in [6.45, 7) is 3.56. The zero-order chi connectivity index (χ0) is 13.0. The molecule has 90 valence electrons. The van der Waals surface area contributed by atoms with Gasteiger partial charge in [-0.3, -0.25) is 9.59 Å². The molecule has 0 aliphatic heterocycles. The molecule has 1 amide bonds. The van der Waals surface area contributed by atoms with Gasteiger partial charge in [0, 0.05) is 25.4 Å². The number of nitriles is 1. The first-order valence-corrected chi connectivity index (χ1v) is 5.30. The highest BCUT2D eigenvalue weighted by atomic mass is 16.2. The molecule has 0 aliphatic rings. The normalized spacial score (nSPS) is 11.6. The number of carbonyl (C=O) groups excluding carboxylic acids is 2. The van der Waals surface area contributed by atoms with Crippen LogP contribution in [0.25, 0.3) is 0 Å². The van der Waals surface area contributed by atoms with Crippen molar-refractivity contribution in [3.8, 4) is 6.07 Å². The van der Waals surface area contributed by atoms with E-state index in [1.165, 1.54) is 24.1 Å². The molecular weight excluding hydrogens is 218 g/mol. The van der Waals surface area contributed by atoms with E-state index in [4.69, 9.17) is 5.26 Å². The third kappa shape index (κ3) is 3.18. The molecule has 0 saturated carbocycles. The van der Waals surface area contributed by atoms with Gasteiger partial charge < -0.3 is 9.88 Å². The van der Waals surface area contributed by atoms with Crippen LogP contribution in [0, 0.1) is 17.2 Å². The molecule has 5 heteroatoms. The molecule has 1 atom stereocenters. The van der Waals surface area contributed by atoms with Crippen molar-refractivity contribution in [1.82, 2.24) is 9.88 Å². The van der Waals surface area contributed by atoms with Gasteiger partial charge in [-0.25, -0.2) is 0 Å². The van der Waals surface area contributed by atoms with E-state index >= 15 is 0 Å². The van der Waals surface area contributed by atoms with Gasteiger partial charge >= 0.3 is 0 Å². The molecule has 1 aromatic rings. The lowest BCUT2D eigenvalue weighted by atomic mass is 10.2. The minimum atomic E-state index is -0.223. The number of Topliss-reactive ketones (excluding diaryl/α,β-unsaturated/α-hetero) is 1. The minimum Gasteiger partial charge on any atom is -0.356 e. The minimum absolute atomic E-state index is 0.0895. The standard InChI is InChI=1S/C12H15N3O2/c1-8(5-13)7-15(3)12(17)11-4-10(6-14-11)9(2)16/h4,6,8,14H,7H2,1-3H3/t8-/m0/s1. The lowest BCUT2D eigenvalue weighted by Crippen LogP contribution is -2.30.